The first-order valence-electron chi connectivity index (χ1n) is 10.1. The molecule has 0 aliphatic heterocycles. The van der Waals surface area contributed by atoms with Crippen LogP contribution in [-0.4, -0.2) is 35.7 Å². The molecular weight excluding hydrogens is 430 g/mol. The predicted octanol–water partition coefficient (Wildman–Crippen LogP) is 4.48. The third-order valence-corrected chi connectivity index (χ3v) is 6.43. The zero-order chi connectivity index (χ0) is 21.8. The van der Waals surface area contributed by atoms with Crippen molar-refractivity contribution in [3.8, 4) is 0 Å². The van der Waals surface area contributed by atoms with Gasteiger partial charge in [-0.1, -0.05) is 54.6 Å². The van der Waals surface area contributed by atoms with Crippen LogP contribution in [0, 0.1) is 13.8 Å². The van der Waals surface area contributed by atoms with E-state index in [0.717, 1.165) is 41.2 Å². The molecule has 0 saturated carbocycles. The maximum Gasteiger partial charge on any atom is 0.257 e. The lowest BCUT2D eigenvalue weighted by atomic mass is 10.1. The summed E-state index contributed by atoms with van der Waals surface area (Å²) in [5, 5.41) is 17.8. The van der Waals surface area contributed by atoms with E-state index >= 15 is 0 Å². The lowest BCUT2D eigenvalue weighted by Gasteiger charge is -2.07. The van der Waals surface area contributed by atoms with Gasteiger partial charge in [0.1, 0.15) is 5.01 Å². The van der Waals surface area contributed by atoms with Crippen LogP contribution >= 0.6 is 23.1 Å². The van der Waals surface area contributed by atoms with Crippen molar-refractivity contribution < 1.29 is 4.79 Å². The largest absolute Gasteiger partial charge is 0.296 e. The topological polar surface area (TPSA) is 98.0 Å². The van der Waals surface area contributed by atoms with Gasteiger partial charge in [-0.3, -0.25) is 10.1 Å². The molecule has 1 N–H and O–H groups in total. The molecule has 31 heavy (non-hydrogen) atoms. The summed E-state index contributed by atoms with van der Waals surface area (Å²) in [4.78, 5) is 21.8. The van der Waals surface area contributed by atoms with Crippen molar-refractivity contribution in [2.45, 2.75) is 50.9 Å². The van der Waals surface area contributed by atoms with E-state index in [1.807, 2.05) is 44.2 Å². The van der Waals surface area contributed by atoms with Crippen molar-refractivity contribution in [2.75, 3.05) is 5.32 Å². The highest BCUT2D eigenvalue weighted by atomic mass is 32.2. The molecule has 4 rings (SSSR count). The molecule has 1 amide bonds. The van der Waals surface area contributed by atoms with Gasteiger partial charge in [-0.2, -0.15) is 4.98 Å². The molecule has 3 heterocycles. The molecule has 10 heteroatoms. The molecule has 3 aromatic heterocycles. The average Bonchev–Trinajstić information content (AvgIpc) is 3.37. The Morgan fingerprint density at radius 3 is 2.87 bits per heavy atom. The number of amides is 1. The first-order valence-corrected chi connectivity index (χ1v) is 11.9. The highest BCUT2D eigenvalue weighted by Gasteiger charge is 2.15. The number of nitrogens with zero attached hydrogens (tertiary/aromatic N) is 6. The summed E-state index contributed by atoms with van der Waals surface area (Å²) < 4.78 is 1.74. The molecule has 0 atom stereocenters. The van der Waals surface area contributed by atoms with Crippen LogP contribution in [0.3, 0.4) is 0 Å². The fourth-order valence-electron chi connectivity index (χ4n) is 3.12. The quantitative estimate of drug-likeness (QED) is 0.393. The second-order valence-electron chi connectivity index (χ2n) is 7.15. The molecule has 0 aliphatic rings. The van der Waals surface area contributed by atoms with Crippen LogP contribution in [0.25, 0.3) is 5.78 Å². The van der Waals surface area contributed by atoms with Crippen molar-refractivity contribution in [2.24, 2.45) is 0 Å². The van der Waals surface area contributed by atoms with E-state index in [2.05, 4.69) is 37.5 Å². The second-order valence-corrected chi connectivity index (χ2v) is 9.15. The van der Waals surface area contributed by atoms with Gasteiger partial charge in [-0.15, -0.1) is 15.3 Å². The third-order valence-electron chi connectivity index (χ3n) is 4.65. The summed E-state index contributed by atoms with van der Waals surface area (Å²) in [6.07, 6.45) is 3.05. The van der Waals surface area contributed by atoms with Gasteiger partial charge >= 0.3 is 0 Å². The summed E-state index contributed by atoms with van der Waals surface area (Å²) in [6, 6.07) is 9.51. The number of aryl methyl sites for hydroxylation is 3. The number of benzene rings is 1. The van der Waals surface area contributed by atoms with Crippen molar-refractivity contribution in [1.82, 2.24) is 29.8 Å². The molecule has 4 aromatic rings. The molecule has 0 bridgehead atoms. The van der Waals surface area contributed by atoms with E-state index in [1.54, 1.807) is 4.52 Å². The zero-order valence-corrected chi connectivity index (χ0v) is 19.3. The van der Waals surface area contributed by atoms with E-state index < -0.39 is 0 Å². The van der Waals surface area contributed by atoms with Gasteiger partial charge in [-0.25, -0.2) is 9.50 Å². The standard InChI is InChI=1S/C21H23N7OS2/c1-4-5-10-17-25-26-20(31-17)23-18(29)16-9-7-6-8-15(16)12-30-21-24-19-22-13(2)11-14(3)28(19)27-21/h6-9,11H,4-5,10,12H2,1-3H3,(H,23,26,29). The predicted molar refractivity (Wildman–Crippen MR) is 123 cm³/mol. The molecule has 0 radical (unpaired) electrons. The van der Waals surface area contributed by atoms with E-state index in [9.17, 15) is 4.79 Å². The highest BCUT2D eigenvalue weighted by Crippen LogP contribution is 2.24. The third kappa shape index (κ3) is 5.08. The maximum atomic E-state index is 12.9. The number of rotatable bonds is 8. The Hall–Kier alpha value is -2.85. The number of carbonyl (C=O) groups is 1. The van der Waals surface area contributed by atoms with Gasteiger partial charge in [0, 0.05) is 29.1 Å². The Labute approximate surface area is 188 Å². The fraction of sp³-hybridized carbons (Fsp3) is 0.333. The minimum absolute atomic E-state index is 0.189. The number of hydrogen-bond acceptors (Lipinski definition) is 8. The second kappa shape index (κ2) is 9.52. The molecule has 0 saturated heterocycles. The number of aromatic nitrogens is 6. The Balaban J connectivity index is 1.46. The minimum atomic E-state index is -0.189. The summed E-state index contributed by atoms with van der Waals surface area (Å²) in [5.74, 6) is 0.961. The van der Waals surface area contributed by atoms with Gasteiger partial charge < -0.3 is 0 Å². The van der Waals surface area contributed by atoms with Crippen molar-refractivity contribution in [3.63, 3.8) is 0 Å². The van der Waals surface area contributed by atoms with E-state index in [-0.39, 0.29) is 5.91 Å². The maximum absolute atomic E-state index is 12.9. The number of thioether (sulfide) groups is 1. The molecule has 0 spiro atoms. The summed E-state index contributed by atoms with van der Waals surface area (Å²) in [7, 11) is 0. The number of hydrogen-bond donors (Lipinski definition) is 1. The van der Waals surface area contributed by atoms with E-state index in [1.165, 1.54) is 23.1 Å². The Morgan fingerprint density at radius 1 is 1.19 bits per heavy atom. The van der Waals surface area contributed by atoms with Gasteiger partial charge in [0.2, 0.25) is 10.3 Å². The smallest absolute Gasteiger partial charge is 0.257 e. The molecular formula is C21H23N7OS2. The zero-order valence-electron chi connectivity index (χ0n) is 17.6. The molecule has 0 unspecified atom stereocenters. The first-order chi connectivity index (χ1) is 15.0. The Morgan fingerprint density at radius 2 is 2.03 bits per heavy atom. The van der Waals surface area contributed by atoms with Crippen LogP contribution in [-0.2, 0) is 12.2 Å². The normalized spacial score (nSPS) is 11.2. The van der Waals surface area contributed by atoms with Crippen LogP contribution in [0.2, 0.25) is 0 Å². The molecule has 160 valence electrons. The monoisotopic (exact) mass is 453 g/mol. The molecule has 1 aromatic carbocycles. The molecule has 8 nitrogen and oxygen atoms in total. The minimum Gasteiger partial charge on any atom is -0.296 e. The van der Waals surface area contributed by atoms with Crippen molar-refractivity contribution in [3.05, 3.63) is 57.9 Å². The van der Waals surface area contributed by atoms with Gasteiger partial charge in [-0.05, 0) is 38.0 Å². The van der Waals surface area contributed by atoms with Crippen LogP contribution in [0.4, 0.5) is 5.13 Å². The summed E-state index contributed by atoms with van der Waals surface area (Å²) in [6.45, 7) is 6.05. The number of fused-ring (bicyclic) bond motifs is 1. The number of unbranched alkanes of at least 4 members (excludes halogenated alkanes) is 1. The summed E-state index contributed by atoms with van der Waals surface area (Å²) >= 11 is 2.90. The number of carbonyl (C=O) groups excluding carboxylic acids is 1. The van der Waals surface area contributed by atoms with Crippen LogP contribution in [0.1, 0.15) is 52.1 Å². The van der Waals surface area contributed by atoms with Crippen LogP contribution in [0.5, 0.6) is 0 Å². The van der Waals surface area contributed by atoms with Crippen LogP contribution in [0.15, 0.2) is 35.5 Å². The van der Waals surface area contributed by atoms with Crippen molar-refractivity contribution >= 4 is 39.9 Å². The van der Waals surface area contributed by atoms with Gasteiger partial charge in [0.05, 0.1) is 0 Å². The lowest BCUT2D eigenvalue weighted by molar-refractivity contribution is 0.102. The average molecular weight is 454 g/mol. The highest BCUT2D eigenvalue weighted by molar-refractivity contribution is 7.98. The lowest BCUT2D eigenvalue weighted by Crippen LogP contribution is -2.13. The Kier molecular flexibility index (Phi) is 6.57. The number of anilines is 1. The van der Waals surface area contributed by atoms with E-state index in [0.29, 0.717) is 27.4 Å². The molecule has 0 fully saturated rings. The van der Waals surface area contributed by atoms with Crippen molar-refractivity contribution in [1.29, 1.82) is 0 Å². The van der Waals surface area contributed by atoms with Gasteiger partial charge in [0.25, 0.3) is 11.7 Å². The SMILES string of the molecule is CCCCc1nnc(NC(=O)c2ccccc2CSc2nc3nc(C)cc(C)n3n2)s1. The first kappa shape index (κ1) is 21.4. The Bertz CT molecular complexity index is 1220. The molecule has 0 aliphatic carbocycles. The fourth-order valence-corrected chi connectivity index (χ4v) is 4.72. The van der Waals surface area contributed by atoms with Gasteiger partial charge in [0.15, 0.2) is 0 Å². The van der Waals surface area contributed by atoms with Crippen LogP contribution < -0.4 is 5.32 Å². The van der Waals surface area contributed by atoms with E-state index in [4.69, 9.17) is 0 Å². The summed E-state index contributed by atoms with van der Waals surface area (Å²) in [5.41, 5.74) is 3.40. The number of nitrogens with one attached hydrogen (secondary N) is 1.